The van der Waals surface area contributed by atoms with Gasteiger partial charge in [0.1, 0.15) is 5.65 Å². The number of fused-ring (bicyclic) bond motifs is 1. The van der Waals surface area contributed by atoms with Crippen LogP contribution in [0.5, 0.6) is 0 Å². The van der Waals surface area contributed by atoms with E-state index in [-0.39, 0.29) is 0 Å². The van der Waals surface area contributed by atoms with Gasteiger partial charge in [-0.15, -0.1) is 0 Å². The van der Waals surface area contributed by atoms with E-state index in [2.05, 4.69) is 15.2 Å². The number of aromatic nitrogens is 2. The second kappa shape index (κ2) is 5.31. The van der Waals surface area contributed by atoms with Crippen LogP contribution in [0.4, 0.5) is 13.2 Å². The standard InChI is InChI=1S/C14H17F3N4/c1-10-12(9-20-6-4-18-5-7-20)21-8-11(14(15,16)17)2-3-13(21)19-10/h2-3,8,18H,4-7,9H2,1H3. The summed E-state index contributed by atoms with van der Waals surface area (Å²) in [6.45, 7) is 6.07. The molecular formula is C14H17F3N4. The number of rotatable bonds is 2. The molecule has 1 saturated heterocycles. The van der Waals surface area contributed by atoms with Gasteiger partial charge >= 0.3 is 6.18 Å². The summed E-state index contributed by atoms with van der Waals surface area (Å²) in [5.74, 6) is 0. The van der Waals surface area contributed by atoms with E-state index in [0.29, 0.717) is 12.2 Å². The minimum atomic E-state index is -4.33. The van der Waals surface area contributed by atoms with Crippen LogP contribution in [0.15, 0.2) is 18.3 Å². The van der Waals surface area contributed by atoms with Crippen LogP contribution in [-0.4, -0.2) is 40.5 Å². The molecule has 0 atom stereocenters. The Balaban J connectivity index is 1.98. The highest BCUT2D eigenvalue weighted by molar-refractivity contribution is 5.45. The van der Waals surface area contributed by atoms with Crippen molar-refractivity contribution in [2.24, 2.45) is 0 Å². The summed E-state index contributed by atoms with van der Waals surface area (Å²) in [4.78, 5) is 6.58. The van der Waals surface area contributed by atoms with Crippen molar-refractivity contribution in [1.82, 2.24) is 19.6 Å². The number of nitrogens with one attached hydrogen (secondary N) is 1. The molecule has 0 aliphatic carbocycles. The normalized spacial score (nSPS) is 17.5. The Hall–Kier alpha value is -1.60. The van der Waals surface area contributed by atoms with Crippen LogP contribution >= 0.6 is 0 Å². The molecule has 0 bridgehead atoms. The summed E-state index contributed by atoms with van der Waals surface area (Å²) < 4.78 is 40.2. The highest BCUT2D eigenvalue weighted by Crippen LogP contribution is 2.30. The second-order valence-corrected chi connectivity index (χ2v) is 5.31. The Morgan fingerprint density at radius 3 is 2.62 bits per heavy atom. The van der Waals surface area contributed by atoms with E-state index >= 15 is 0 Å². The van der Waals surface area contributed by atoms with Gasteiger partial charge in [-0.3, -0.25) is 4.90 Å². The highest BCUT2D eigenvalue weighted by Gasteiger charge is 2.31. The Kier molecular flexibility index (Phi) is 3.62. The van der Waals surface area contributed by atoms with Crippen LogP contribution < -0.4 is 5.32 Å². The Labute approximate surface area is 120 Å². The SMILES string of the molecule is Cc1nc2ccc(C(F)(F)F)cn2c1CN1CCNCC1. The number of nitrogens with zero attached hydrogens (tertiary/aromatic N) is 3. The van der Waals surface area contributed by atoms with Crippen LogP contribution in [-0.2, 0) is 12.7 Å². The van der Waals surface area contributed by atoms with E-state index in [4.69, 9.17) is 0 Å². The fraction of sp³-hybridized carbons (Fsp3) is 0.500. The number of aryl methyl sites for hydroxylation is 1. The average Bonchev–Trinajstić information content (AvgIpc) is 2.75. The number of hydrogen-bond donors (Lipinski definition) is 1. The zero-order chi connectivity index (χ0) is 15.0. The molecule has 0 spiro atoms. The lowest BCUT2D eigenvalue weighted by atomic mass is 10.2. The molecule has 0 radical (unpaired) electrons. The van der Waals surface area contributed by atoms with E-state index in [1.54, 1.807) is 4.40 Å². The van der Waals surface area contributed by atoms with Crippen LogP contribution in [0.3, 0.4) is 0 Å². The Morgan fingerprint density at radius 2 is 1.95 bits per heavy atom. The molecule has 2 aromatic rings. The smallest absolute Gasteiger partial charge is 0.314 e. The zero-order valence-electron chi connectivity index (χ0n) is 11.7. The van der Waals surface area contributed by atoms with Crippen LogP contribution in [0, 0.1) is 6.92 Å². The second-order valence-electron chi connectivity index (χ2n) is 5.31. The molecule has 21 heavy (non-hydrogen) atoms. The summed E-state index contributed by atoms with van der Waals surface area (Å²) in [5.41, 5.74) is 1.53. The van der Waals surface area contributed by atoms with Gasteiger partial charge in [-0.25, -0.2) is 4.98 Å². The maximum absolute atomic E-state index is 12.9. The molecule has 0 unspecified atom stereocenters. The Bertz CT molecular complexity index is 641. The van der Waals surface area contributed by atoms with Crippen LogP contribution in [0.25, 0.3) is 5.65 Å². The summed E-state index contributed by atoms with van der Waals surface area (Å²) >= 11 is 0. The third-order valence-electron chi connectivity index (χ3n) is 3.83. The first-order valence-electron chi connectivity index (χ1n) is 6.93. The molecule has 1 aliphatic heterocycles. The van der Waals surface area contributed by atoms with Gasteiger partial charge in [-0.2, -0.15) is 13.2 Å². The lowest BCUT2D eigenvalue weighted by Gasteiger charge is -2.27. The molecule has 4 nitrogen and oxygen atoms in total. The van der Waals surface area contributed by atoms with Crippen molar-refractivity contribution in [2.45, 2.75) is 19.6 Å². The first-order chi connectivity index (χ1) is 9.95. The third-order valence-corrected chi connectivity index (χ3v) is 3.83. The van der Waals surface area contributed by atoms with Gasteiger partial charge in [-0.05, 0) is 19.1 Å². The molecule has 7 heteroatoms. The minimum absolute atomic E-state index is 0.561. The summed E-state index contributed by atoms with van der Waals surface area (Å²) in [6, 6.07) is 2.51. The van der Waals surface area contributed by atoms with Gasteiger partial charge in [0, 0.05) is 38.9 Å². The molecule has 2 aromatic heterocycles. The molecule has 0 saturated carbocycles. The molecular weight excluding hydrogens is 281 g/mol. The predicted molar refractivity (Wildman–Crippen MR) is 73.1 cm³/mol. The molecule has 0 aromatic carbocycles. The average molecular weight is 298 g/mol. The van der Waals surface area contributed by atoms with Crippen LogP contribution in [0.1, 0.15) is 17.0 Å². The fourth-order valence-corrected chi connectivity index (χ4v) is 2.65. The summed E-state index contributed by atoms with van der Waals surface area (Å²) in [7, 11) is 0. The van der Waals surface area contributed by atoms with Gasteiger partial charge in [0.25, 0.3) is 0 Å². The maximum Gasteiger partial charge on any atom is 0.417 e. The molecule has 0 amide bonds. The van der Waals surface area contributed by atoms with Crippen molar-refractivity contribution in [3.8, 4) is 0 Å². The van der Waals surface area contributed by atoms with Crippen molar-refractivity contribution in [3.05, 3.63) is 35.3 Å². The maximum atomic E-state index is 12.9. The molecule has 3 heterocycles. The first kappa shape index (κ1) is 14.3. The lowest BCUT2D eigenvalue weighted by Crippen LogP contribution is -2.43. The molecule has 3 rings (SSSR count). The summed E-state index contributed by atoms with van der Waals surface area (Å²) in [5, 5.41) is 3.26. The van der Waals surface area contributed by atoms with Gasteiger partial charge < -0.3 is 9.72 Å². The number of hydrogen-bond acceptors (Lipinski definition) is 3. The molecule has 1 fully saturated rings. The van der Waals surface area contributed by atoms with E-state index in [9.17, 15) is 13.2 Å². The topological polar surface area (TPSA) is 32.6 Å². The molecule has 1 N–H and O–H groups in total. The largest absolute Gasteiger partial charge is 0.417 e. The van der Waals surface area contributed by atoms with Crippen molar-refractivity contribution < 1.29 is 13.2 Å². The first-order valence-corrected chi connectivity index (χ1v) is 6.93. The number of halogens is 3. The highest BCUT2D eigenvalue weighted by atomic mass is 19.4. The van der Waals surface area contributed by atoms with Gasteiger partial charge in [0.15, 0.2) is 0 Å². The van der Waals surface area contributed by atoms with Crippen molar-refractivity contribution in [1.29, 1.82) is 0 Å². The van der Waals surface area contributed by atoms with Gasteiger partial charge in [0.05, 0.1) is 17.0 Å². The van der Waals surface area contributed by atoms with E-state index in [0.717, 1.165) is 49.8 Å². The van der Waals surface area contributed by atoms with E-state index in [1.807, 2.05) is 6.92 Å². The number of piperazine rings is 1. The molecule has 114 valence electrons. The van der Waals surface area contributed by atoms with Gasteiger partial charge in [0.2, 0.25) is 0 Å². The van der Waals surface area contributed by atoms with Gasteiger partial charge in [-0.1, -0.05) is 0 Å². The number of pyridine rings is 1. The molecule has 1 aliphatic rings. The van der Waals surface area contributed by atoms with E-state index in [1.165, 1.54) is 6.07 Å². The number of imidazole rings is 1. The monoisotopic (exact) mass is 298 g/mol. The minimum Gasteiger partial charge on any atom is -0.314 e. The zero-order valence-corrected chi connectivity index (χ0v) is 11.7. The quantitative estimate of drug-likeness (QED) is 0.921. The fourth-order valence-electron chi connectivity index (χ4n) is 2.65. The summed E-state index contributed by atoms with van der Waals surface area (Å²) in [6.07, 6.45) is -3.19. The lowest BCUT2D eigenvalue weighted by molar-refractivity contribution is -0.137. The third kappa shape index (κ3) is 2.89. The predicted octanol–water partition coefficient (Wildman–Crippen LogP) is 2.07. The Morgan fingerprint density at radius 1 is 1.24 bits per heavy atom. The van der Waals surface area contributed by atoms with E-state index < -0.39 is 11.7 Å². The van der Waals surface area contributed by atoms with Crippen molar-refractivity contribution in [3.63, 3.8) is 0 Å². The van der Waals surface area contributed by atoms with Crippen LogP contribution in [0.2, 0.25) is 0 Å². The number of alkyl halides is 3. The van der Waals surface area contributed by atoms with Crippen molar-refractivity contribution >= 4 is 5.65 Å². The van der Waals surface area contributed by atoms with Crippen molar-refractivity contribution in [2.75, 3.05) is 26.2 Å².